The van der Waals surface area contributed by atoms with Crippen LogP contribution in [0.2, 0.25) is 0 Å². The van der Waals surface area contributed by atoms with Gasteiger partial charge in [-0.15, -0.1) is 0 Å². The number of ether oxygens (including phenoxy) is 1. The summed E-state index contributed by atoms with van der Waals surface area (Å²) < 4.78 is 6.04. The lowest BCUT2D eigenvalue weighted by Crippen LogP contribution is -2.39. The first-order valence-corrected chi connectivity index (χ1v) is 7.16. The van der Waals surface area contributed by atoms with Gasteiger partial charge in [-0.1, -0.05) is 0 Å². The van der Waals surface area contributed by atoms with Crippen molar-refractivity contribution in [2.45, 2.75) is 36.7 Å². The lowest BCUT2D eigenvalue weighted by molar-refractivity contribution is -0.165. The molecule has 0 aliphatic carbocycles. The van der Waals surface area contributed by atoms with Gasteiger partial charge in [0.05, 0.1) is 6.61 Å². The van der Waals surface area contributed by atoms with E-state index in [0.717, 1.165) is 10.9 Å². The Hall–Kier alpha value is -2.69. The van der Waals surface area contributed by atoms with Gasteiger partial charge in [0.2, 0.25) is 5.95 Å². The van der Waals surface area contributed by atoms with Crippen molar-refractivity contribution in [1.82, 2.24) is 14.5 Å². The summed E-state index contributed by atoms with van der Waals surface area (Å²) in [5.74, 6) is -3.73. The molecule has 15 heteroatoms. The van der Waals surface area contributed by atoms with Gasteiger partial charge in [-0.3, -0.25) is 4.57 Å². The molecule has 1 aliphatic heterocycles. The van der Waals surface area contributed by atoms with Gasteiger partial charge in [-0.25, -0.2) is 19.4 Å². The first-order valence-electron chi connectivity index (χ1n) is 7.16. The van der Waals surface area contributed by atoms with Crippen LogP contribution < -0.4 is 11.4 Å². The standard InChI is InChI=1S/C8H12N4O5.C4H6O6/c9-7-10-2-12(8(16)11-7)6-5(15)4(14)3(1-13)17-6;5-1(3(7)8)2(6)4(9)10/h2-6,13-15H,1H2,(H2,9,11,16);1-2,5-6H,(H,7,8)(H,9,10)/t3-,4-,5-,6-;1-,2-/m11/s1. The van der Waals surface area contributed by atoms with Crippen LogP contribution in [0.15, 0.2) is 11.1 Å². The minimum Gasteiger partial charge on any atom is -0.479 e. The fraction of sp³-hybridized carbons (Fsp3) is 0.583. The summed E-state index contributed by atoms with van der Waals surface area (Å²) in [4.78, 5) is 38.0. The Morgan fingerprint density at radius 1 is 1.19 bits per heavy atom. The van der Waals surface area contributed by atoms with Crippen LogP contribution in [0.3, 0.4) is 0 Å². The number of carbonyl (C=O) groups is 2. The number of hydrogen-bond acceptors (Lipinski definition) is 12. The van der Waals surface area contributed by atoms with E-state index in [1.165, 1.54) is 0 Å². The first kappa shape index (κ1) is 22.4. The third-order valence-electron chi connectivity index (χ3n) is 3.34. The molecule has 152 valence electrons. The summed E-state index contributed by atoms with van der Waals surface area (Å²) in [5, 5.41) is 60.6. The van der Waals surface area contributed by atoms with E-state index in [-0.39, 0.29) is 5.95 Å². The number of hydrogen-bond donors (Lipinski definition) is 8. The van der Waals surface area contributed by atoms with Crippen LogP contribution >= 0.6 is 0 Å². The highest BCUT2D eigenvalue weighted by Gasteiger charge is 2.43. The van der Waals surface area contributed by atoms with Gasteiger partial charge in [0.15, 0.2) is 18.4 Å². The van der Waals surface area contributed by atoms with Gasteiger partial charge < -0.3 is 46.2 Å². The van der Waals surface area contributed by atoms with Crippen LogP contribution in [0.25, 0.3) is 0 Å². The van der Waals surface area contributed by atoms with E-state index in [2.05, 4.69) is 9.97 Å². The molecule has 9 N–H and O–H groups in total. The number of aliphatic hydroxyl groups is 5. The first-order chi connectivity index (χ1) is 12.5. The molecule has 1 saturated heterocycles. The number of carboxylic acids is 2. The topological polar surface area (TPSA) is 259 Å². The van der Waals surface area contributed by atoms with Crippen molar-refractivity contribution in [3.05, 3.63) is 16.8 Å². The maximum absolute atomic E-state index is 11.5. The summed E-state index contributed by atoms with van der Waals surface area (Å²) in [6.45, 7) is -0.473. The van der Waals surface area contributed by atoms with Crippen LogP contribution in [0, 0.1) is 0 Å². The molecule has 6 atom stereocenters. The zero-order valence-electron chi connectivity index (χ0n) is 13.4. The lowest BCUT2D eigenvalue weighted by Gasteiger charge is -2.16. The monoisotopic (exact) mass is 394 g/mol. The number of aliphatic carboxylic acids is 2. The average molecular weight is 394 g/mol. The summed E-state index contributed by atoms with van der Waals surface area (Å²) in [6, 6.07) is 0. The fourth-order valence-corrected chi connectivity index (χ4v) is 1.91. The molecule has 2 heterocycles. The molecular weight excluding hydrogens is 376 g/mol. The van der Waals surface area contributed by atoms with E-state index in [1.807, 2.05) is 0 Å². The van der Waals surface area contributed by atoms with Crippen molar-refractivity contribution in [2.75, 3.05) is 12.3 Å². The number of carboxylic acid groups (broad SMARTS) is 2. The highest BCUT2D eigenvalue weighted by atomic mass is 16.6. The number of aliphatic hydroxyl groups excluding tert-OH is 5. The van der Waals surface area contributed by atoms with Gasteiger partial charge in [-0.2, -0.15) is 4.98 Å². The molecule has 0 bridgehead atoms. The molecule has 15 nitrogen and oxygen atoms in total. The smallest absolute Gasteiger partial charge is 0.354 e. The molecular formula is C12H18N4O11. The van der Waals surface area contributed by atoms with Gasteiger partial charge in [0.1, 0.15) is 24.6 Å². The van der Waals surface area contributed by atoms with Crippen LogP contribution in [-0.4, -0.2) is 99.3 Å². The normalized spacial score (nSPS) is 26.6. The van der Waals surface area contributed by atoms with Crippen molar-refractivity contribution in [3.63, 3.8) is 0 Å². The number of nitrogens with two attached hydrogens (primary N) is 1. The molecule has 1 aromatic rings. The molecule has 0 saturated carbocycles. The molecule has 0 radical (unpaired) electrons. The summed E-state index contributed by atoms with van der Waals surface area (Å²) in [7, 11) is 0. The number of nitrogens with zero attached hydrogens (tertiary/aromatic N) is 3. The van der Waals surface area contributed by atoms with Crippen LogP contribution in [0.4, 0.5) is 5.95 Å². The van der Waals surface area contributed by atoms with Crippen LogP contribution in [-0.2, 0) is 14.3 Å². The predicted molar refractivity (Wildman–Crippen MR) is 81.0 cm³/mol. The Morgan fingerprint density at radius 2 is 1.70 bits per heavy atom. The van der Waals surface area contributed by atoms with E-state index in [4.69, 9.17) is 36.0 Å². The number of aromatic nitrogens is 3. The molecule has 1 aromatic heterocycles. The molecule has 2 rings (SSSR count). The number of nitrogen functional groups attached to an aromatic ring is 1. The second-order valence-electron chi connectivity index (χ2n) is 5.20. The average Bonchev–Trinajstić information content (AvgIpc) is 2.89. The van der Waals surface area contributed by atoms with Crippen molar-refractivity contribution in [1.29, 1.82) is 0 Å². The van der Waals surface area contributed by atoms with E-state index in [0.29, 0.717) is 0 Å². The van der Waals surface area contributed by atoms with Crippen molar-refractivity contribution >= 4 is 17.9 Å². The van der Waals surface area contributed by atoms with Crippen molar-refractivity contribution in [3.8, 4) is 0 Å². The molecule has 0 spiro atoms. The van der Waals surface area contributed by atoms with Gasteiger partial charge >= 0.3 is 17.6 Å². The molecule has 0 amide bonds. The Kier molecular flexibility index (Phi) is 7.70. The van der Waals surface area contributed by atoms with Gasteiger partial charge in [0.25, 0.3) is 0 Å². The summed E-state index contributed by atoms with van der Waals surface area (Å²) >= 11 is 0. The SMILES string of the molecule is Nc1ncn([C@@H]2O[C@H](CO)[C@@H](O)[C@H]2O)c(=O)n1.O=C(O)[C@H](O)[C@@H](O)C(=O)O. The van der Waals surface area contributed by atoms with Gasteiger partial charge in [0, 0.05) is 0 Å². The largest absolute Gasteiger partial charge is 0.479 e. The third-order valence-corrected chi connectivity index (χ3v) is 3.34. The van der Waals surface area contributed by atoms with Gasteiger partial charge in [-0.05, 0) is 0 Å². The Morgan fingerprint density at radius 3 is 2.07 bits per heavy atom. The summed E-state index contributed by atoms with van der Waals surface area (Å²) in [5.41, 5.74) is 4.46. The predicted octanol–water partition coefficient (Wildman–Crippen LogP) is -5.29. The van der Waals surface area contributed by atoms with E-state index in [1.54, 1.807) is 0 Å². The highest BCUT2D eigenvalue weighted by Crippen LogP contribution is 2.27. The number of anilines is 1. The maximum atomic E-state index is 11.5. The minimum atomic E-state index is -2.27. The van der Waals surface area contributed by atoms with E-state index < -0.39 is 61.0 Å². The minimum absolute atomic E-state index is 0.196. The molecule has 1 aliphatic rings. The highest BCUT2D eigenvalue weighted by molar-refractivity contribution is 5.83. The zero-order chi connectivity index (χ0) is 20.9. The Labute approximate surface area is 149 Å². The van der Waals surface area contributed by atoms with Crippen LogP contribution in [0.5, 0.6) is 0 Å². The van der Waals surface area contributed by atoms with Crippen molar-refractivity contribution < 1.29 is 50.1 Å². The maximum Gasteiger partial charge on any atom is 0.354 e. The molecule has 1 fully saturated rings. The van der Waals surface area contributed by atoms with Crippen molar-refractivity contribution in [2.24, 2.45) is 0 Å². The second-order valence-corrected chi connectivity index (χ2v) is 5.20. The lowest BCUT2D eigenvalue weighted by atomic mass is 10.1. The molecule has 0 unspecified atom stereocenters. The zero-order valence-corrected chi connectivity index (χ0v) is 13.4. The fourth-order valence-electron chi connectivity index (χ4n) is 1.91. The Balaban J connectivity index is 0.000000314. The summed E-state index contributed by atoms with van der Waals surface area (Å²) in [6.07, 6.45) is -8.21. The van der Waals surface area contributed by atoms with Crippen LogP contribution in [0.1, 0.15) is 6.23 Å². The quantitative estimate of drug-likeness (QED) is 0.232. The molecule has 27 heavy (non-hydrogen) atoms. The van der Waals surface area contributed by atoms with E-state index >= 15 is 0 Å². The third kappa shape index (κ3) is 5.39. The Bertz CT molecular complexity index is 708. The number of rotatable bonds is 5. The second kappa shape index (κ2) is 9.31. The van der Waals surface area contributed by atoms with E-state index in [9.17, 15) is 24.6 Å². The molecule has 0 aromatic carbocycles.